The first kappa shape index (κ1) is 20.4. The number of hydrogen-bond donors (Lipinski definition) is 0. The minimum absolute atomic E-state index is 0.0337. The molecule has 3 fully saturated rings. The largest absolute Gasteiger partial charge is 0.462 e. The Hall–Kier alpha value is -1.88. The maximum atomic E-state index is 13.2. The van der Waals surface area contributed by atoms with Crippen molar-refractivity contribution in [3.05, 3.63) is 42.2 Å². The monoisotopic (exact) mass is 400 g/mol. The lowest BCUT2D eigenvalue weighted by atomic mass is 9.77. The minimum atomic E-state index is -0.253. The Morgan fingerprint density at radius 3 is 2.76 bits per heavy atom. The molecular formula is C24H33FN2O2. The van der Waals surface area contributed by atoms with Crippen LogP contribution < -0.4 is 4.90 Å². The fraction of sp³-hybridized carbons (Fsp3) is 0.625. The Bertz CT molecular complexity index is 750. The molecule has 3 aliphatic rings. The number of cyclic esters (lactones) is 1. The van der Waals surface area contributed by atoms with Crippen molar-refractivity contribution in [2.45, 2.75) is 64.0 Å². The van der Waals surface area contributed by atoms with Crippen molar-refractivity contribution in [1.82, 2.24) is 4.90 Å². The zero-order valence-electron chi connectivity index (χ0n) is 17.5. The summed E-state index contributed by atoms with van der Waals surface area (Å²) in [6.07, 6.45) is 6.78. The number of nitrogens with zero attached hydrogens (tertiary/aromatic N) is 2. The fourth-order valence-corrected chi connectivity index (χ4v) is 5.27. The smallest absolute Gasteiger partial charge is 0.312 e. The van der Waals surface area contributed by atoms with Crippen molar-refractivity contribution in [2.75, 3.05) is 31.1 Å². The lowest BCUT2D eigenvalue weighted by Crippen LogP contribution is -2.52. The van der Waals surface area contributed by atoms with Gasteiger partial charge in [-0.1, -0.05) is 12.2 Å². The van der Waals surface area contributed by atoms with Crippen molar-refractivity contribution >= 4 is 11.7 Å². The van der Waals surface area contributed by atoms with E-state index in [0.717, 1.165) is 76.8 Å². The van der Waals surface area contributed by atoms with E-state index in [-0.39, 0.29) is 23.3 Å². The zero-order chi connectivity index (χ0) is 20.4. The van der Waals surface area contributed by atoms with Gasteiger partial charge in [0.2, 0.25) is 0 Å². The van der Waals surface area contributed by atoms with Gasteiger partial charge in [-0.05, 0) is 69.7 Å². The lowest BCUT2D eigenvalue weighted by molar-refractivity contribution is -0.149. The molecule has 2 saturated heterocycles. The van der Waals surface area contributed by atoms with Crippen molar-refractivity contribution in [3.63, 3.8) is 0 Å². The molecule has 1 saturated carbocycles. The van der Waals surface area contributed by atoms with Crippen LogP contribution in [0.15, 0.2) is 36.4 Å². The first-order valence-corrected chi connectivity index (χ1v) is 11.1. The van der Waals surface area contributed by atoms with Crippen LogP contribution in [-0.2, 0) is 9.53 Å². The molecule has 0 bridgehead atoms. The predicted molar refractivity (Wildman–Crippen MR) is 113 cm³/mol. The summed E-state index contributed by atoms with van der Waals surface area (Å²) in [7, 11) is 0. The number of anilines is 1. The summed E-state index contributed by atoms with van der Waals surface area (Å²) in [5.74, 6) is -0.159. The number of ether oxygens (including phenoxy) is 1. The van der Waals surface area contributed by atoms with Gasteiger partial charge >= 0.3 is 5.97 Å². The Morgan fingerprint density at radius 1 is 1.21 bits per heavy atom. The van der Waals surface area contributed by atoms with Gasteiger partial charge in [0, 0.05) is 44.3 Å². The number of esters is 1. The van der Waals surface area contributed by atoms with Crippen LogP contribution in [-0.4, -0.2) is 49.2 Å². The molecule has 0 aromatic heterocycles. The van der Waals surface area contributed by atoms with E-state index >= 15 is 0 Å². The number of piperazine rings is 1. The van der Waals surface area contributed by atoms with Crippen LogP contribution in [0.3, 0.4) is 0 Å². The van der Waals surface area contributed by atoms with Gasteiger partial charge in [0.1, 0.15) is 11.9 Å². The second kappa shape index (κ2) is 8.47. The number of carbonyl (C=O) groups excluding carboxylic acids is 1. The Kier molecular flexibility index (Phi) is 5.95. The molecule has 1 aromatic carbocycles. The molecule has 4 nitrogen and oxygen atoms in total. The summed E-state index contributed by atoms with van der Waals surface area (Å²) < 4.78 is 19.0. The third-order valence-corrected chi connectivity index (χ3v) is 7.16. The number of benzene rings is 1. The summed E-state index contributed by atoms with van der Waals surface area (Å²) >= 11 is 0. The number of halogens is 1. The molecule has 1 unspecified atom stereocenters. The highest BCUT2D eigenvalue weighted by molar-refractivity contribution is 5.79. The Balaban J connectivity index is 1.28. The highest BCUT2D eigenvalue weighted by Crippen LogP contribution is 2.46. The third-order valence-electron chi connectivity index (χ3n) is 7.16. The molecule has 0 radical (unpaired) electrons. The maximum absolute atomic E-state index is 13.2. The highest BCUT2D eigenvalue weighted by Gasteiger charge is 2.48. The topological polar surface area (TPSA) is 32.8 Å². The van der Waals surface area contributed by atoms with Crippen molar-refractivity contribution in [1.29, 1.82) is 0 Å². The van der Waals surface area contributed by atoms with Gasteiger partial charge in [0.25, 0.3) is 0 Å². The molecule has 5 heteroatoms. The van der Waals surface area contributed by atoms with E-state index in [4.69, 9.17) is 4.74 Å². The van der Waals surface area contributed by atoms with Crippen LogP contribution in [0, 0.1) is 11.2 Å². The van der Waals surface area contributed by atoms with Crippen LogP contribution >= 0.6 is 0 Å². The first-order chi connectivity index (χ1) is 13.9. The fourth-order valence-electron chi connectivity index (χ4n) is 5.27. The quantitative estimate of drug-likeness (QED) is 0.548. The molecule has 29 heavy (non-hydrogen) atoms. The normalized spacial score (nSPS) is 31.2. The number of carbonyl (C=O) groups is 1. The summed E-state index contributed by atoms with van der Waals surface area (Å²) in [6, 6.07) is 7.19. The summed E-state index contributed by atoms with van der Waals surface area (Å²) in [4.78, 5) is 17.5. The van der Waals surface area contributed by atoms with Crippen molar-refractivity contribution in [2.24, 2.45) is 5.41 Å². The Morgan fingerprint density at radius 2 is 2.00 bits per heavy atom. The summed E-state index contributed by atoms with van der Waals surface area (Å²) in [6.45, 7) is 10.2. The average molecular weight is 401 g/mol. The number of hydrogen-bond acceptors (Lipinski definition) is 4. The number of rotatable bonds is 4. The van der Waals surface area contributed by atoms with Crippen LogP contribution in [0.25, 0.3) is 0 Å². The molecule has 2 aliphatic heterocycles. The minimum Gasteiger partial charge on any atom is -0.462 e. The van der Waals surface area contributed by atoms with Gasteiger partial charge in [0.05, 0.1) is 5.41 Å². The lowest BCUT2D eigenvalue weighted by Gasteiger charge is -2.41. The molecule has 3 atom stereocenters. The molecule has 1 aliphatic carbocycles. The zero-order valence-corrected chi connectivity index (χ0v) is 17.5. The molecule has 0 amide bonds. The van der Waals surface area contributed by atoms with Gasteiger partial charge < -0.3 is 9.64 Å². The van der Waals surface area contributed by atoms with E-state index < -0.39 is 0 Å². The molecule has 158 valence electrons. The molecule has 2 heterocycles. The van der Waals surface area contributed by atoms with E-state index in [1.807, 2.05) is 12.1 Å². The maximum Gasteiger partial charge on any atom is 0.312 e. The van der Waals surface area contributed by atoms with Crippen molar-refractivity contribution < 1.29 is 13.9 Å². The van der Waals surface area contributed by atoms with Gasteiger partial charge in [-0.25, -0.2) is 4.39 Å². The van der Waals surface area contributed by atoms with E-state index in [1.54, 1.807) is 0 Å². The van der Waals surface area contributed by atoms with Gasteiger partial charge in [0.15, 0.2) is 0 Å². The van der Waals surface area contributed by atoms with Crippen LogP contribution in [0.2, 0.25) is 0 Å². The first-order valence-electron chi connectivity index (χ1n) is 11.1. The van der Waals surface area contributed by atoms with Crippen LogP contribution in [0.5, 0.6) is 0 Å². The van der Waals surface area contributed by atoms with Gasteiger partial charge in [-0.3, -0.25) is 9.69 Å². The van der Waals surface area contributed by atoms with Gasteiger partial charge in [-0.2, -0.15) is 0 Å². The molecule has 1 spiro atoms. The van der Waals surface area contributed by atoms with E-state index in [1.165, 1.54) is 17.7 Å². The molecule has 4 rings (SSSR count). The van der Waals surface area contributed by atoms with E-state index in [2.05, 4.69) is 23.3 Å². The van der Waals surface area contributed by atoms with E-state index in [0.29, 0.717) is 6.04 Å². The van der Waals surface area contributed by atoms with Crippen LogP contribution in [0.4, 0.5) is 10.1 Å². The summed E-state index contributed by atoms with van der Waals surface area (Å²) in [5.41, 5.74) is 2.11. The SMILES string of the molecule is C=C1CCCC2(CC1)C[C@H](CCN1CCN(c3ccc(F)cc3)C[C@@H]1C)OC2=O. The molecule has 0 N–H and O–H groups in total. The third kappa shape index (κ3) is 4.50. The molecular weight excluding hydrogens is 367 g/mol. The van der Waals surface area contributed by atoms with Crippen molar-refractivity contribution in [3.8, 4) is 0 Å². The standard InChI is InChI=1S/C24H33FN2O2/c1-18-4-3-11-24(12-9-18)16-22(29-23(24)28)10-13-26-14-15-27(17-19(26)2)21-7-5-20(25)6-8-21/h5-8,19,22H,1,3-4,9-17H2,2H3/t19-,22-,24?/m0/s1. The van der Waals surface area contributed by atoms with Crippen LogP contribution in [0.1, 0.15) is 51.9 Å². The highest BCUT2D eigenvalue weighted by atomic mass is 19.1. The average Bonchev–Trinajstić information content (AvgIpc) is 2.88. The second-order valence-electron chi connectivity index (χ2n) is 9.21. The van der Waals surface area contributed by atoms with Gasteiger partial charge in [-0.15, -0.1) is 0 Å². The number of allylic oxidation sites excluding steroid dienone is 1. The Labute approximate surface area is 173 Å². The summed E-state index contributed by atoms with van der Waals surface area (Å²) in [5, 5.41) is 0. The second-order valence-corrected chi connectivity index (χ2v) is 9.21. The van der Waals surface area contributed by atoms with E-state index in [9.17, 15) is 9.18 Å². The molecule has 1 aromatic rings. The predicted octanol–water partition coefficient (Wildman–Crippen LogP) is 4.55.